The molecule has 0 bridgehead atoms. The van der Waals surface area contributed by atoms with Gasteiger partial charge in [0.2, 0.25) is 5.95 Å². The molecule has 1 aromatic carbocycles. The number of allylic oxidation sites excluding steroid dienone is 2. The minimum absolute atomic E-state index is 0.0943. The van der Waals surface area contributed by atoms with Crippen molar-refractivity contribution in [1.29, 1.82) is 0 Å². The average molecular weight is 466 g/mol. The van der Waals surface area contributed by atoms with E-state index in [1.54, 1.807) is 31.3 Å². The van der Waals surface area contributed by atoms with Gasteiger partial charge in [0.1, 0.15) is 0 Å². The number of carbonyl (C=O) groups excluding carboxylic acids is 1. The Morgan fingerprint density at radius 2 is 1.94 bits per heavy atom. The average Bonchev–Trinajstić information content (AvgIpc) is 3.07. The molecule has 1 fully saturated rings. The molecule has 34 heavy (non-hydrogen) atoms. The minimum Gasteiger partial charge on any atom is -0.339 e. The first-order valence-electron chi connectivity index (χ1n) is 11.4. The first-order chi connectivity index (χ1) is 16.3. The number of hydrogen-bond acceptors (Lipinski definition) is 7. The molecule has 1 unspecified atom stereocenters. The molecular weight excluding hydrogens is 434 g/mol. The number of nitrogens with two attached hydrogens (primary N) is 1. The van der Waals surface area contributed by atoms with Crippen molar-refractivity contribution in [3.63, 3.8) is 0 Å². The van der Waals surface area contributed by atoms with Crippen LogP contribution >= 0.6 is 0 Å². The van der Waals surface area contributed by atoms with E-state index in [1.165, 1.54) is 4.57 Å². The fourth-order valence-corrected chi connectivity index (χ4v) is 4.17. The van der Waals surface area contributed by atoms with E-state index in [1.807, 2.05) is 35.5 Å². The van der Waals surface area contributed by atoms with E-state index in [2.05, 4.69) is 5.32 Å². The Bertz CT molecular complexity index is 1350. The van der Waals surface area contributed by atoms with Gasteiger partial charge in [-0.1, -0.05) is 42.0 Å². The van der Waals surface area contributed by atoms with Crippen LogP contribution in [0.15, 0.2) is 51.6 Å². The summed E-state index contributed by atoms with van der Waals surface area (Å²) in [4.78, 5) is 46.3. The maximum Gasteiger partial charge on any atom is 0.332 e. The van der Waals surface area contributed by atoms with Crippen molar-refractivity contribution in [2.24, 2.45) is 12.8 Å². The van der Waals surface area contributed by atoms with Crippen LogP contribution in [0.4, 0.5) is 5.95 Å². The van der Waals surface area contributed by atoms with Gasteiger partial charge in [0.05, 0.1) is 6.54 Å². The number of anilines is 1. The zero-order valence-electron chi connectivity index (χ0n) is 19.8. The summed E-state index contributed by atoms with van der Waals surface area (Å²) < 4.78 is 4.16. The molecule has 3 N–H and O–H groups in total. The molecule has 0 radical (unpaired) electrons. The summed E-state index contributed by atoms with van der Waals surface area (Å²) in [5.41, 5.74) is 7.25. The number of hydrogen-bond donors (Lipinski definition) is 2. The Kier molecular flexibility index (Phi) is 6.80. The van der Waals surface area contributed by atoms with Crippen LogP contribution in [0.5, 0.6) is 0 Å². The molecule has 1 aliphatic heterocycles. The fourth-order valence-electron chi connectivity index (χ4n) is 4.17. The highest BCUT2D eigenvalue weighted by Gasteiger charge is 2.25. The van der Waals surface area contributed by atoms with E-state index >= 15 is 0 Å². The molecule has 10 heteroatoms. The third-order valence-corrected chi connectivity index (χ3v) is 5.99. The topological polar surface area (TPSA) is 120 Å². The fraction of sp³-hybridized carbons (Fsp3) is 0.417. The Morgan fingerprint density at radius 3 is 2.65 bits per heavy atom. The van der Waals surface area contributed by atoms with Gasteiger partial charge in [-0.3, -0.25) is 18.7 Å². The molecule has 0 spiro atoms. The summed E-state index contributed by atoms with van der Waals surface area (Å²) in [5, 5.41) is 3.30. The lowest BCUT2D eigenvalue weighted by Gasteiger charge is -2.24. The van der Waals surface area contributed by atoms with E-state index in [9.17, 15) is 14.4 Å². The summed E-state index contributed by atoms with van der Waals surface area (Å²) in [5.74, 6) is 0.283. The predicted octanol–water partition coefficient (Wildman–Crippen LogP) is 0.483. The Labute approximate surface area is 197 Å². The summed E-state index contributed by atoms with van der Waals surface area (Å²) in [6.07, 6.45) is 2.00. The summed E-state index contributed by atoms with van der Waals surface area (Å²) in [6.45, 7) is 6.70. The summed E-state index contributed by atoms with van der Waals surface area (Å²) in [6, 6.07) is 8.55. The van der Waals surface area contributed by atoms with Gasteiger partial charge in [0.25, 0.3) is 5.56 Å². The largest absolute Gasteiger partial charge is 0.339 e. The van der Waals surface area contributed by atoms with Crippen LogP contribution < -0.4 is 27.2 Å². The maximum atomic E-state index is 13.6. The number of fused-ring (bicyclic) bond motifs is 1. The van der Waals surface area contributed by atoms with Crippen LogP contribution in [0, 0.1) is 0 Å². The van der Waals surface area contributed by atoms with Crippen molar-refractivity contribution in [2.45, 2.75) is 33.0 Å². The van der Waals surface area contributed by atoms with E-state index in [0.29, 0.717) is 48.9 Å². The van der Waals surface area contributed by atoms with Crippen LogP contribution in [0.25, 0.3) is 11.2 Å². The highest BCUT2D eigenvalue weighted by atomic mass is 16.2. The van der Waals surface area contributed by atoms with Crippen molar-refractivity contribution in [3.8, 4) is 0 Å². The quantitative estimate of drug-likeness (QED) is 0.401. The molecule has 0 aliphatic carbocycles. The minimum atomic E-state index is -0.575. The zero-order chi connectivity index (χ0) is 24.4. The first-order valence-corrected chi connectivity index (χ1v) is 11.4. The second-order valence-electron chi connectivity index (χ2n) is 8.91. The molecule has 1 atom stereocenters. The zero-order valence-corrected chi connectivity index (χ0v) is 19.8. The lowest BCUT2D eigenvalue weighted by Crippen LogP contribution is -2.41. The molecule has 4 rings (SSSR count). The molecular formula is C24H31N7O3. The normalized spacial score (nSPS) is 16.5. The van der Waals surface area contributed by atoms with Crippen LogP contribution in [-0.4, -0.2) is 56.7 Å². The van der Waals surface area contributed by atoms with Gasteiger partial charge in [-0.2, -0.15) is 4.98 Å². The van der Waals surface area contributed by atoms with Crippen molar-refractivity contribution in [1.82, 2.24) is 24.0 Å². The Morgan fingerprint density at radius 1 is 1.21 bits per heavy atom. The third kappa shape index (κ3) is 4.59. The van der Waals surface area contributed by atoms with Gasteiger partial charge < -0.3 is 20.5 Å². The summed E-state index contributed by atoms with van der Waals surface area (Å²) in [7, 11) is 1.57. The Balaban J connectivity index is 1.89. The van der Waals surface area contributed by atoms with E-state index in [4.69, 9.17) is 10.7 Å². The third-order valence-electron chi connectivity index (χ3n) is 5.99. The lowest BCUT2D eigenvalue weighted by molar-refractivity contribution is 0.0969. The number of benzene rings is 1. The van der Waals surface area contributed by atoms with E-state index < -0.39 is 11.2 Å². The van der Waals surface area contributed by atoms with Crippen LogP contribution in [0.1, 0.15) is 24.2 Å². The monoisotopic (exact) mass is 465 g/mol. The van der Waals surface area contributed by atoms with Crippen LogP contribution in [0.3, 0.4) is 0 Å². The predicted molar refractivity (Wildman–Crippen MR) is 132 cm³/mol. The van der Waals surface area contributed by atoms with Gasteiger partial charge in [0, 0.05) is 51.4 Å². The first kappa shape index (κ1) is 23.7. The second-order valence-corrected chi connectivity index (χ2v) is 8.91. The molecule has 2 aromatic heterocycles. The molecule has 1 saturated heterocycles. The maximum absolute atomic E-state index is 13.6. The number of nitrogens with one attached hydrogen (secondary N) is 1. The van der Waals surface area contributed by atoms with E-state index in [0.717, 1.165) is 16.7 Å². The lowest BCUT2D eigenvalue weighted by atomic mass is 10.1. The number of imidazole rings is 1. The molecule has 10 nitrogen and oxygen atoms in total. The molecule has 180 valence electrons. The molecule has 3 heterocycles. The highest BCUT2D eigenvalue weighted by Crippen LogP contribution is 2.21. The van der Waals surface area contributed by atoms with E-state index in [-0.39, 0.29) is 18.4 Å². The highest BCUT2D eigenvalue weighted by molar-refractivity contribution is 5.95. The Hall–Kier alpha value is -3.50. The van der Waals surface area contributed by atoms with Crippen molar-refractivity contribution in [3.05, 3.63) is 68.4 Å². The molecule has 0 amide bonds. The van der Waals surface area contributed by atoms with Gasteiger partial charge in [-0.25, -0.2) is 4.79 Å². The second kappa shape index (κ2) is 9.78. The van der Waals surface area contributed by atoms with Gasteiger partial charge in [-0.15, -0.1) is 0 Å². The van der Waals surface area contributed by atoms with Gasteiger partial charge >= 0.3 is 5.69 Å². The van der Waals surface area contributed by atoms with Gasteiger partial charge in [-0.05, 0) is 13.8 Å². The standard InChI is InChI=1S/C24H31N7O3/c1-16(2)9-11-30-20-21(27-23(30)29-12-10-26-13-18(25)14-29)28(3)24(34)31(22(20)33)15-19(32)17-7-5-4-6-8-17/h4-9,18,26H,10-15,25H2,1-3H3. The number of Topliss-reactive ketones (excluding diaryl/α,β-unsaturated/α-hetero) is 1. The molecule has 0 saturated carbocycles. The van der Waals surface area contributed by atoms with Crippen molar-refractivity contribution < 1.29 is 4.79 Å². The number of carbonyl (C=O) groups is 1. The molecule has 1 aliphatic rings. The number of rotatable bonds is 6. The van der Waals surface area contributed by atoms with Crippen molar-refractivity contribution in [2.75, 3.05) is 31.1 Å². The summed E-state index contributed by atoms with van der Waals surface area (Å²) >= 11 is 0. The number of aromatic nitrogens is 4. The molecule has 3 aromatic rings. The number of ketones is 1. The number of aryl methyl sites for hydroxylation is 1. The SMILES string of the molecule is CC(C)=CCn1c(N2CCNCC(N)C2)nc2c1c(=O)n(CC(=O)c1ccccc1)c(=O)n2C. The van der Waals surface area contributed by atoms with Crippen LogP contribution in [-0.2, 0) is 20.1 Å². The van der Waals surface area contributed by atoms with Crippen LogP contribution in [0.2, 0.25) is 0 Å². The van der Waals surface area contributed by atoms with Crippen molar-refractivity contribution >= 4 is 22.9 Å². The number of nitrogens with zero attached hydrogens (tertiary/aromatic N) is 5. The van der Waals surface area contributed by atoms with Gasteiger partial charge in [0.15, 0.2) is 16.9 Å². The smallest absolute Gasteiger partial charge is 0.332 e.